The van der Waals surface area contributed by atoms with Gasteiger partial charge < -0.3 is 10.6 Å². The highest BCUT2D eigenvalue weighted by atomic mass is 32.2. The molecule has 1 unspecified atom stereocenters. The van der Waals surface area contributed by atoms with Crippen molar-refractivity contribution in [1.82, 2.24) is 9.62 Å². The van der Waals surface area contributed by atoms with Gasteiger partial charge >= 0.3 is 0 Å². The van der Waals surface area contributed by atoms with Crippen LogP contribution in [-0.2, 0) is 23.0 Å². The molecule has 3 N–H and O–H groups in total. The summed E-state index contributed by atoms with van der Waals surface area (Å²) in [7, 11) is -1.44. The number of likely N-dealkylation sites (N-methyl/N-ethyl adjacent to an activating group) is 1. The Balaban J connectivity index is 2.18. The van der Waals surface area contributed by atoms with Crippen molar-refractivity contribution < 1.29 is 8.42 Å². The van der Waals surface area contributed by atoms with Gasteiger partial charge in [-0.3, -0.25) is 0 Å². The van der Waals surface area contributed by atoms with Gasteiger partial charge in [0.1, 0.15) is 0 Å². The van der Waals surface area contributed by atoms with Crippen LogP contribution in [0.2, 0.25) is 0 Å². The van der Waals surface area contributed by atoms with Crippen LogP contribution in [0.4, 0.5) is 0 Å². The number of aryl methyl sites for hydroxylation is 1. The molecule has 1 atom stereocenters. The largest absolute Gasteiger partial charge is 0.326 e. The minimum Gasteiger partial charge on any atom is -0.326 e. The smallest absolute Gasteiger partial charge is 0.240 e. The second kappa shape index (κ2) is 6.87. The Hall–Kier alpha value is -0.950. The maximum absolute atomic E-state index is 12.6. The molecule has 1 aromatic carbocycles. The van der Waals surface area contributed by atoms with Crippen LogP contribution < -0.4 is 10.5 Å². The number of hydrogen-bond donors (Lipinski definition) is 2. The fourth-order valence-electron chi connectivity index (χ4n) is 2.79. The lowest BCUT2D eigenvalue weighted by molar-refractivity contribution is 0.311. The first-order chi connectivity index (χ1) is 9.97. The molecule has 118 valence electrons. The lowest BCUT2D eigenvalue weighted by Crippen LogP contribution is -2.38. The molecule has 0 spiro atoms. The number of nitrogens with one attached hydrogen (secondary N) is 1. The summed E-state index contributed by atoms with van der Waals surface area (Å²) >= 11 is 0. The first kappa shape index (κ1) is 16.4. The van der Waals surface area contributed by atoms with E-state index in [1.54, 1.807) is 6.07 Å². The van der Waals surface area contributed by atoms with Crippen molar-refractivity contribution >= 4 is 10.0 Å². The fourth-order valence-corrected chi connectivity index (χ4v) is 4.22. The molecular weight excluding hydrogens is 286 g/mol. The van der Waals surface area contributed by atoms with Gasteiger partial charge in [-0.05, 0) is 50.0 Å². The Morgan fingerprint density at radius 1 is 1.43 bits per heavy atom. The van der Waals surface area contributed by atoms with Crippen molar-refractivity contribution in [1.29, 1.82) is 0 Å². The molecule has 1 aliphatic rings. The molecule has 0 radical (unpaired) electrons. The lowest BCUT2D eigenvalue weighted by atomic mass is 10.1. The summed E-state index contributed by atoms with van der Waals surface area (Å²) in [6.07, 6.45) is 2.86. The third-order valence-corrected chi connectivity index (χ3v) is 5.72. The van der Waals surface area contributed by atoms with Crippen LogP contribution >= 0.6 is 0 Å². The predicted octanol–water partition coefficient (Wildman–Crippen LogP) is 1.08. The van der Waals surface area contributed by atoms with Crippen LogP contribution in [0.1, 0.15) is 30.9 Å². The molecule has 1 aliphatic heterocycles. The maximum atomic E-state index is 12.6. The highest BCUT2D eigenvalue weighted by Gasteiger charge is 2.24. The van der Waals surface area contributed by atoms with E-state index in [9.17, 15) is 8.42 Å². The molecule has 6 heteroatoms. The molecular formula is C15H25N3O2S. The van der Waals surface area contributed by atoms with E-state index >= 15 is 0 Å². The number of nitrogens with zero attached hydrogens (tertiary/aromatic N) is 1. The third kappa shape index (κ3) is 3.83. The summed E-state index contributed by atoms with van der Waals surface area (Å²) in [4.78, 5) is 2.58. The van der Waals surface area contributed by atoms with Crippen LogP contribution in [0, 0.1) is 0 Å². The molecule has 0 aliphatic carbocycles. The lowest BCUT2D eigenvalue weighted by Gasteiger charge is -2.20. The van der Waals surface area contributed by atoms with Gasteiger partial charge in [0.05, 0.1) is 4.90 Å². The van der Waals surface area contributed by atoms with Crippen LogP contribution in [0.25, 0.3) is 0 Å². The average Bonchev–Trinajstić information content (AvgIpc) is 2.90. The Morgan fingerprint density at radius 2 is 2.19 bits per heavy atom. The van der Waals surface area contributed by atoms with Gasteiger partial charge in [0.2, 0.25) is 10.0 Å². The van der Waals surface area contributed by atoms with Crippen LogP contribution in [-0.4, -0.2) is 39.5 Å². The number of nitrogens with two attached hydrogens (primary N) is 1. The van der Waals surface area contributed by atoms with Gasteiger partial charge in [-0.25, -0.2) is 13.1 Å². The van der Waals surface area contributed by atoms with E-state index in [1.807, 2.05) is 26.1 Å². The summed E-state index contributed by atoms with van der Waals surface area (Å²) in [6, 6.07) is 5.74. The molecule has 1 saturated heterocycles. The summed E-state index contributed by atoms with van der Waals surface area (Å²) < 4.78 is 27.9. The first-order valence-electron chi connectivity index (χ1n) is 7.49. The van der Waals surface area contributed by atoms with Gasteiger partial charge in [-0.15, -0.1) is 0 Å². The number of likely N-dealkylation sites (tertiary alicyclic amines) is 1. The molecule has 1 fully saturated rings. The standard InChI is InChI=1S/C15H25N3O2S/c1-3-13-7-6-12(10-16)9-15(13)21(19,20)17-11-14-5-4-8-18(14)2/h6-7,9,14,17H,3-5,8,10-11,16H2,1-2H3. The summed E-state index contributed by atoms with van der Waals surface area (Å²) in [5.74, 6) is 0. The number of hydrogen-bond acceptors (Lipinski definition) is 4. The molecule has 0 amide bonds. The highest BCUT2D eigenvalue weighted by molar-refractivity contribution is 7.89. The van der Waals surface area contributed by atoms with E-state index < -0.39 is 10.0 Å². The zero-order chi connectivity index (χ0) is 15.5. The van der Waals surface area contributed by atoms with E-state index in [1.165, 1.54) is 0 Å². The Bertz CT molecular complexity index is 587. The molecule has 0 saturated carbocycles. The van der Waals surface area contributed by atoms with Crippen LogP contribution in [0.5, 0.6) is 0 Å². The van der Waals surface area contributed by atoms with Gasteiger partial charge in [-0.1, -0.05) is 19.1 Å². The third-order valence-electron chi connectivity index (χ3n) is 4.22. The molecule has 0 bridgehead atoms. The highest BCUT2D eigenvalue weighted by Crippen LogP contribution is 2.20. The van der Waals surface area contributed by atoms with E-state index in [0.717, 1.165) is 30.5 Å². The van der Waals surface area contributed by atoms with E-state index in [0.29, 0.717) is 30.4 Å². The second-order valence-electron chi connectivity index (χ2n) is 5.63. The van der Waals surface area contributed by atoms with Crippen molar-refractivity contribution in [2.45, 2.75) is 43.7 Å². The monoisotopic (exact) mass is 311 g/mol. The van der Waals surface area contributed by atoms with Gasteiger partial charge in [0.15, 0.2) is 0 Å². The summed E-state index contributed by atoms with van der Waals surface area (Å²) in [5, 5.41) is 0. The zero-order valence-electron chi connectivity index (χ0n) is 12.8. The topological polar surface area (TPSA) is 75.4 Å². The molecule has 5 nitrogen and oxygen atoms in total. The number of rotatable bonds is 6. The average molecular weight is 311 g/mol. The minimum absolute atomic E-state index is 0.294. The van der Waals surface area contributed by atoms with Gasteiger partial charge in [0, 0.05) is 19.1 Å². The molecule has 1 aromatic rings. The summed E-state index contributed by atoms with van der Waals surface area (Å²) in [6.45, 7) is 3.81. The van der Waals surface area contributed by atoms with Crippen molar-refractivity contribution in [2.75, 3.05) is 20.1 Å². The number of benzene rings is 1. The van der Waals surface area contributed by atoms with Crippen LogP contribution in [0.3, 0.4) is 0 Å². The van der Waals surface area contributed by atoms with Crippen molar-refractivity contribution in [3.63, 3.8) is 0 Å². The predicted molar refractivity (Wildman–Crippen MR) is 84.6 cm³/mol. The second-order valence-corrected chi connectivity index (χ2v) is 7.36. The van der Waals surface area contributed by atoms with Crippen LogP contribution in [0.15, 0.2) is 23.1 Å². The van der Waals surface area contributed by atoms with Crippen molar-refractivity contribution in [2.24, 2.45) is 5.73 Å². The Labute approximate surface area is 127 Å². The van der Waals surface area contributed by atoms with Crippen molar-refractivity contribution in [3.05, 3.63) is 29.3 Å². The fraction of sp³-hybridized carbons (Fsp3) is 0.600. The molecule has 1 heterocycles. The SMILES string of the molecule is CCc1ccc(CN)cc1S(=O)(=O)NCC1CCCN1C. The van der Waals surface area contributed by atoms with Gasteiger partial charge in [-0.2, -0.15) is 0 Å². The first-order valence-corrected chi connectivity index (χ1v) is 8.98. The number of sulfonamides is 1. The Morgan fingerprint density at radius 3 is 2.76 bits per heavy atom. The molecule has 21 heavy (non-hydrogen) atoms. The summed E-state index contributed by atoms with van der Waals surface area (Å²) in [5.41, 5.74) is 7.29. The van der Waals surface area contributed by atoms with E-state index in [2.05, 4.69) is 9.62 Å². The Kier molecular flexibility index (Phi) is 5.37. The molecule has 2 rings (SSSR count). The van der Waals surface area contributed by atoms with E-state index in [4.69, 9.17) is 5.73 Å². The maximum Gasteiger partial charge on any atom is 0.240 e. The van der Waals surface area contributed by atoms with E-state index in [-0.39, 0.29) is 0 Å². The quantitative estimate of drug-likeness (QED) is 0.824. The van der Waals surface area contributed by atoms with Gasteiger partial charge in [0.25, 0.3) is 0 Å². The molecule has 0 aromatic heterocycles. The normalized spacial score (nSPS) is 20.0. The zero-order valence-corrected chi connectivity index (χ0v) is 13.6. The van der Waals surface area contributed by atoms with Crippen molar-refractivity contribution in [3.8, 4) is 0 Å². The minimum atomic E-state index is -3.48.